The number of phenolic OH excluding ortho intramolecular Hbond substituents is 1. The highest BCUT2D eigenvalue weighted by Gasteiger charge is 2.08. The van der Waals surface area contributed by atoms with E-state index in [9.17, 15) is 5.11 Å². The molecule has 0 atom stereocenters. The van der Waals surface area contributed by atoms with Crippen LogP contribution in [0.1, 0.15) is 17.5 Å². The Balaban J connectivity index is 2.93. The van der Waals surface area contributed by atoms with Crippen molar-refractivity contribution in [3.63, 3.8) is 0 Å². The average Bonchev–Trinajstić information content (AvgIpc) is 2.21. The number of methoxy groups -OCH3 is 1. The van der Waals surface area contributed by atoms with Gasteiger partial charge in [-0.15, -0.1) is 0 Å². The third kappa shape index (κ3) is 3.48. The summed E-state index contributed by atoms with van der Waals surface area (Å²) < 4.78 is 5.98. The topological polar surface area (TPSA) is 55.5 Å². The second-order valence-corrected chi connectivity index (χ2v) is 4.31. The predicted octanol–water partition coefficient (Wildman–Crippen LogP) is 2.19. The van der Waals surface area contributed by atoms with E-state index in [1.807, 2.05) is 12.1 Å². The van der Waals surface area contributed by atoms with E-state index in [4.69, 9.17) is 10.5 Å². The number of aromatic hydroxyl groups is 1. The van der Waals surface area contributed by atoms with Gasteiger partial charge in [0, 0.05) is 17.1 Å². The van der Waals surface area contributed by atoms with Crippen molar-refractivity contribution in [3.8, 4) is 5.75 Å². The summed E-state index contributed by atoms with van der Waals surface area (Å²) in [7, 11) is 1.61. The smallest absolute Gasteiger partial charge is 0.124 e. The molecule has 0 unspecified atom stereocenters. The zero-order valence-corrected chi connectivity index (χ0v) is 10.4. The van der Waals surface area contributed by atoms with Crippen molar-refractivity contribution in [3.05, 3.63) is 27.7 Å². The zero-order chi connectivity index (χ0) is 11.3. The quantitative estimate of drug-likeness (QED) is 0.865. The molecular weight excluding hydrogens is 258 g/mol. The number of nitrogens with two attached hydrogens (primary N) is 1. The van der Waals surface area contributed by atoms with Gasteiger partial charge >= 0.3 is 0 Å². The van der Waals surface area contributed by atoms with Crippen LogP contribution < -0.4 is 5.73 Å². The minimum atomic E-state index is 0.327. The second kappa shape index (κ2) is 6.10. The van der Waals surface area contributed by atoms with E-state index < -0.39 is 0 Å². The lowest BCUT2D eigenvalue weighted by molar-refractivity contribution is 0.182. The first kappa shape index (κ1) is 12.5. The van der Waals surface area contributed by atoms with Gasteiger partial charge in [0.2, 0.25) is 0 Å². The van der Waals surface area contributed by atoms with Gasteiger partial charge in [-0.2, -0.15) is 0 Å². The van der Waals surface area contributed by atoms with Crippen molar-refractivity contribution in [1.29, 1.82) is 0 Å². The summed E-state index contributed by atoms with van der Waals surface area (Å²) in [5.41, 5.74) is 7.17. The zero-order valence-electron chi connectivity index (χ0n) is 8.79. The molecule has 1 aromatic rings. The van der Waals surface area contributed by atoms with Crippen LogP contribution in [0.5, 0.6) is 5.75 Å². The molecule has 0 heterocycles. The standard InChI is InChI=1S/C11H16BrNO2/c1-15-7-9-6-10(12)5-8(11(9)14)3-2-4-13/h5-6,14H,2-4,7,13H2,1H3. The highest BCUT2D eigenvalue weighted by atomic mass is 79.9. The molecule has 0 aliphatic carbocycles. The van der Waals surface area contributed by atoms with Crippen molar-refractivity contribution in [2.45, 2.75) is 19.4 Å². The van der Waals surface area contributed by atoms with Crippen molar-refractivity contribution >= 4 is 15.9 Å². The van der Waals surface area contributed by atoms with Crippen LogP contribution in [-0.2, 0) is 17.8 Å². The number of halogens is 1. The third-order valence-electron chi connectivity index (χ3n) is 2.18. The van der Waals surface area contributed by atoms with E-state index in [0.29, 0.717) is 18.9 Å². The molecule has 4 heteroatoms. The number of phenols is 1. The van der Waals surface area contributed by atoms with Crippen LogP contribution in [0.4, 0.5) is 0 Å². The summed E-state index contributed by atoms with van der Waals surface area (Å²) in [5.74, 6) is 0.327. The molecular formula is C11H16BrNO2. The lowest BCUT2D eigenvalue weighted by atomic mass is 10.0. The minimum absolute atomic E-state index is 0.327. The van der Waals surface area contributed by atoms with Crippen molar-refractivity contribution in [1.82, 2.24) is 0 Å². The maximum atomic E-state index is 9.93. The maximum absolute atomic E-state index is 9.93. The Kier molecular flexibility index (Phi) is 5.08. The molecule has 0 radical (unpaired) electrons. The molecule has 0 aliphatic rings. The Labute approximate surface area is 98.4 Å². The second-order valence-electron chi connectivity index (χ2n) is 3.40. The number of rotatable bonds is 5. The maximum Gasteiger partial charge on any atom is 0.124 e. The molecule has 3 N–H and O–H groups in total. The normalized spacial score (nSPS) is 10.6. The fraction of sp³-hybridized carbons (Fsp3) is 0.455. The van der Waals surface area contributed by atoms with E-state index in [-0.39, 0.29) is 0 Å². The summed E-state index contributed by atoms with van der Waals surface area (Å²) in [6.45, 7) is 1.05. The lowest BCUT2D eigenvalue weighted by Gasteiger charge is -2.10. The van der Waals surface area contributed by atoms with Gasteiger partial charge in [0.1, 0.15) is 5.75 Å². The molecule has 15 heavy (non-hydrogen) atoms. The van der Waals surface area contributed by atoms with Gasteiger partial charge in [-0.1, -0.05) is 15.9 Å². The number of hydrogen-bond donors (Lipinski definition) is 2. The molecule has 0 saturated heterocycles. The summed E-state index contributed by atoms with van der Waals surface area (Å²) in [5, 5.41) is 9.93. The van der Waals surface area contributed by atoms with Gasteiger partial charge in [-0.05, 0) is 37.1 Å². The van der Waals surface area contributed by atoms with Crippen molar-refractivity contribution in [2.24, 2.45) is 5.73 Å². The summed E-state index contributed by atoms with van der Waals surface area (Å²) in [4.78, 5) is 0. The number of benzene rings is 1. The highest BCUT2D eigenvalue weighted by molar-refractivity contribution is 9.10. The molecule has 0 aromatic heterocycles. The summed E-state index contributed by atoms with van der Waals surface area (Å²) >= 11 is 3.41. The molecule has 1 aromatic carbocycles. The first-order chi connectivity index (χ1) is 7.19. The van der Waals surface area contributed by atoms with E-state index in [1.54, 1.807) is 7.11 Å². The Morgan fingerprint density at radius 2 is 2.07 bits per heavy atom. The van der Waals surface area contributed by atoms with Gasteiger partial charge < -0.3 is 15.6 Å². The van der Waals surface area contributed by atoms with Crippen LogP contribution in [0, 0.1) is 0 Å². The SMILES string of the molecule is COCc1cc(Br)cc(CCCN)c1O. The van der Waals surface area contributed by atoms with Crippen LogP contribution >= 0.6 is 15.9 Å². The van der Waals surface area contributed by atoms with E-state index in [1.165, 1.54) is 0 Å². The van der Waals surface area contributed by atoms with Crippen LogP contribution in [0.15, 0.2) is 16.6 Å². The van der Waals surface area contributed by atoms with Crippen molar-refractivity contribution in [2.75, 3.05) is 13.7 Å². The summed E-state index contributed by atoms with van der Waals surface area (Å²) in [6, 6.07) is 3.79. The van der Waals surface area contributed by atoms with E-state index in [0.717, 1.165) is 28.4 Å². The van der Waals surface area contributed by atoms with E-state index >= 15 is 0 Å². The first-order valence-electron chi connectivity index (χ1n) is 4.88. The van der Waals surface area contributed by atoms with Gasteiger partial charge in [0.25, 0.3) is 0 Å². The van der Waals surface area contributed by atoms with Crippen LogP contribution in [0.25, 0.3) is 0 Å². The van der Waals surface area contributed by atoms with Crippen LogP contribution in [-0.4, -0.2) is 18.8 Å². The van der Waals surface area contributed by atoms with Crippen LogP contribution in [0.2, 0.25) is 0 Å². The molecule has 0 fully saturated rings. The number of hydrogen-bond acceptors (Lipinski definition) is 3. The van der Waals surface area contributed by atoms with Gasteiger partial charge in [0.15, 0.2) is 0 Å². The Morgan fingerprint density at radius 1 is 1.40 bits per heavy atom. The van der Waals surface area contributed by atoms with Gasteiger partial charge in [0.05, 0.1) is 6.61 Å². The molecule has 0 amide bonds. The Morgan fingerprint density at radius 3 is 2.67 bits per heavy atom. The molecule has 0 bridgehead atoms. The highest BCUT2D eigenvalue weighted by Crippen LogP contribution is 2.28. The largest absolute Gasteiger partial charge is 0.507 e. The monoisotopic (exact) mass is 273 g/mol. The Hall–Kier alpha value is -0.580. The number of ether oxygens (including phenoxy) is 1. The van der Waals surface area contributed by atoms with Crippen LogP contribution in [0.3, 0.4) is 0 Å². The summed E-state index contributed by atoms with van der Waals surface area (Å²) in [6.07, 6.45) is 1.66. The van der Waals surface area contributed by atoms with E-state index in [2.05, 4.69) is 15.9 Å². The number of aryl methyl sites for hydroxylation is 1. The average molecular weight is 274 g/mol. The molecule has 1 rings (SSSR count). The fourth-order valence-corrected chi connectivity index (χ4v) is 2.02. The third-order valence-corrected chi connectivity index (χ3v) is 2.64. The minimum Gasteiger partial charge on any atom is -0.507 e. The first-order valence-corrected chi connectivity index (χ1v) is 5.67. The van der Waals surface area contributed by atoms with Crippen molar-refractivity contribution < 1.29 is 9.84 Å². The van der Waals surface area contributed by atoms with Gasteiger partial charge in [-0.25, -0.2) is 0 Å². The molecule has 84 valence electrons. The molecule has 3 nitrogen and oxygen atoms in total. The van der Waals surface area contributed by atoms with Gasteiger partial charge in [-0.3, -0.25) is 0 Å². The predicted molar refractivity (Wildman–Crippen MR) is 63.9 cm³/mol. The molecule has 0 spiro atoms. The molecule has 0 aliphatic heterocycles. The fourth-order valence-electron chi connectivity index (χ4n) is 1.47. The lowest BCUT2D eigenvalue weighted by Crippen LogP contribution is -2.01. The molecule has 0 saturated carbocycles. The Bertz CT molecular complexity index is 329.